The lowest BCUT2D eigenvalue weighted by molar-refractivity contribution is 0.0856. The summed E-state index contributed by atoms with van der Waals surface area (Å²) in [6, 6.07) is 0. The molecular formula is C19H39NO. The monoisotopic (exact) mass is 297 g/mol. The van der Waals surface area contributed by atoms with Gasteiger partial charge in [-0.15, -0.1) is 0 Å². The van der Waals surface area contributed by atoms with Crippen LogP contribution in [0.1, 0.15) is 97.8 Å². The van der Waals surface area contributed by atoms with Crippen molar-refractivity contribution in [2.24, 2.45) is 0 Å². The number of aliphatic hydroxyl groups excluding tert-OH is 1. The highest BCUT2D eigenvalue weighted by atomic mass is 16.3. The van der Waals surface area contributed by atoms with Crippen molar-refractivity contribution in [2.75, 3.05) is 13.1 Å². The highest BCUT2D eigenvalue weighted by molar-refractivity contribution is 4.91. The third-order valence-corrected chi connectivity index (χ3v) is 5.31. The lowest BCUT2D eigenvalue weighted by Crippen LogP contribution is -2.45. The summed E-state index contributed by atoms with van der Waals surface area (Å²) >= 11 is 0. The van der Waals surface area contributed by atoms with Gasteiger partial charge in [0.2, 0.25) is 0 Å². The maximum absolute atomic E-state index is 9.87. The largest absolute Gasteiger partial charge is 0.392 e. The number of aliphatic hydroxyl groups is 1. The van der Waals surface area contributed by atoms with Gasteiger partial charge in [0.1, 0.15) is 0 Å². The Hall–Kier alpha value is -0.0800. The van der Waals surface area contributed by atoms with Crippen LogP contribution in [0.3, 0.4) is 0 Å². The van der Waals surface area contributed by atoms with Crippen LogP contribution in [0.15, 0.2) is 0 Å². The molecule has 0 aromatic rings. The van der Waals surface area contributed by atoms with Gasteiger partial charge in [-0.2, -0.15) is 0 Å². The van der Waals surface area contributed by atoms with E-state index in [0.717, 1.165) is 19.5 Å². The second-order valence-electron chi connectivity index (χ2n) is 7.36. The van der Waals surface area contributed by atoms with Gasteiger partial charge in [0.25, 0.3) is 0 Å². The Bertz CT molecular complexity index is 256. The van der Waals surface area contributed by atoms with Crippen LogP contribution in [-0.2, 0) is 0 Å². The van der Waals surface area contributed by atoms with Crippen LogP contribution < -0.4 is 0 Å². The lowest BCUT2D eigenvalue weighted by atomic mass is 9.86. The molecule has 1 rings (SSSR count). The first kappa shape index (κ1) is 19.0. The Morgan fingerprint density at radius 3 is 1.90 bits per heavy atom. The molecule has 1 unspecified atom stereocenters. The molecule has 2 atom stereocenters. The van der Waals surface area contributed by atoms with Crippen molar-refractivity contribution in [3.8, 4) is 0 Å². The molecule has 0 bridgehead atoms. The molecule has 1 heterocycles. The fraction of sp³-hybridized carbons (Fsp3) is 1.00. The summed E-state index contributed by atoms with van der Waals surface area (Å²) in [6.07, 6.45) is 15.8. The van der Waals surface area contributed by atoms with Crippen molar-refractivity contribution in [3.63, 3.8) is 0 Å². The van der Waals surface area contributed by atoms with E-state index in [4.69, 9.17) is 0 Å². The van der Waals surface area contributed by atoms with Gasteiger partial charge in [0.05, 0.1) is 6.10 Å². The molecule has 0 amide bonds. The zero-order valence-corrected chi connectivity index (χ0v) is 14.9. The molecule has 0 spiro atoms. The third kappa shape index (κ3) is 7.15. The van der Waals surface area contributed by atoms with E-state index in [0.29, 0.717) is 5.54 Å². The Morgan fingerprint density at radius 2 is 1.43 bits per heavy atom. The van der Waals surface area contributed by atoms with Crippen LogP contribution in [0.4, 0.5) is 0 Å². The van der Waals surface area contributed by atoms with Gasteiger partial charge in [-0.25, -0.2) is 0 Å². The Kier molecular flexibility index (Phi) is 9.59. The molecule has 0 aromatic heterocycles. The van der Waals surface area contributed by atoms with E-state index in [9.17, 15) is 5.11 Å². The van der Waals surface area contributed by atoms with Gasteiger partial charge in [-0.3, -0.25) is 4.90 Å². The Morgan fingerprint density at radius 1 is 0.905 bits per heavy atom. The van der Waals surface area contributed by atoms with Gasteiger partial charge in [0, 0.05) is 18.6 Å². The lowest BCUT2D eigenvalue weighted by Gasteiger charge is -2.39. The summed E-state index contributed by atoms with van der Waals surface area (Å²) < 4.78 is 0. The molecule has 0 aromatic carbocycles. The molecule has 0 radical (unpaired) electrons. The number of likely N-dealkylation sites (tertiary alicyclic amines) is 1. The standard InChI is InChI=1S/C19H39NO/c1-4-6-8-10-12-15-19(3,14-11-9-7-5-2)20-16-13-18(21)17-20/h18,21H,4-17H2,1-3H3/t18-,19?/m1/s1. The molecule has 126 valence electrons. The van der Waals surface area contributed by atoms with Crippen LogP contribution in [0.2, 0.25) is 0 Å². The van der Waals surface area contributed by atoms with Crippen molar-refractivity contribution < 1.29 is 5.11 Å². The van der Waals surface area contributed by atoms with E-state index in [-0.39, 0.29) is 6.10 Å². The SMILES string of the molecule is CCCCCCCC(C)(CCCCCC)N1CC[C@@H](O)C1. The third-order valence-electron chi connectivity index (χ3n) is 5.31. The van der Waals surface area contributed by atoms with Crippen LogP contribution >= 0.6 is 0 Å². The first-order valence-electron chi connectivity index (χ1n) is 9.55. The van der Waals surface area contributed by atoms with Crippen molar-refractivity contribution in [1.82, 2.24) is 4.90 Å². The minimum atomic E-state index is -0.0833. The molecule has 1 aliphatic rings. The number of hydrogen-bond acceptors (Lipinski definition) is 2. The first-order valence-corrected chi connectivity index (χ1v) is 9.55. The topological polar surface area (TPSA) is 23.5 Å². The molecular weight excluding hydrogens is 258 g/mol. The van der Waals surface area contributed by atoms with Gasteiger partial charge in [0.15, 0.2) is 0 Å². The number of hydrogen-bond donors (Lipinski definition) is 1. The molecule has 0 saturated carbocycles. The molecule has 1 N–H and O–H groups in total. The highest BCUT2D eigenvalue weighted by Gasteiger charge is 2.35. The van der Waals surface area contributed by atoms with E-state index >= 15 is 0 Å². The van der Waals surface area contributed by atoms with E-state index < -0.39 is 0 Å². The number of β-amino-alcohol motifs (C(OH)–C–C–N with tert-alkyl or cyclic N) is 1. The minimum absolute atomic E-state index is 0.0833. The molecule has 21 heavy (non-hydrogen) atoms. The fourth-order valence-electron chi connectivity index (χ4n) is 3.72. The summed E-state index contributed by atoms with van der Waals surface area (Å²) in [5.74, 6) is 0. The number of rotatable bonds is 12. The van der Waals surface area contributed by atoms with E-state index in [1.165, 1.54) is 70.6 Å². The zero-order chi connectivity index (χ0) is 15.6. The van der Waals surface area contributed by atoms with Crippen molar-refractivity contribution in [1.29, 1.82) is 0 Å². The Balaban J connectivity index is 2.40. The maximum Gasteiger partial charge on any atom is 0.0679 e. The van der Waals surface area contributed by atoms with Crippen LogP contribution in [0, 0.1) is 0 Å². The summed E-state index contributed by atoms with van der Waals surface area (Å²) in [7, 11) is 0. The predicted octanol–water partition coefficient (Wildman–Crippen LogP) is 5.14. The second kappa shape index (κ2) is 10.6. The van der Waals surface area contributed by atoms with Crippen LogP contribution in [0.5, 0.6) is 0 Å². The Labute approximate surface area is 133 Å². The molecule has 1 saturated heterocycles. The van der Waals surface area contributed by atoms with E-state index in [1.807, 2.05) is 0 Å². The van der Waals surface area contributed by atoms with E-state index in [1.54, 1.807) is 0 Å². The summed E-state index contributed by atoms with van der Waals surface area (Å²) in [5.41, 5.74) is 0.331. The average molecular weight is 298 g/mol. The van der Waals surface area contributed by atoms with Crippen LogP contribution in [-0.4, -0.2) is 34.7 Å². The molecule has 2 nitrogen and oxygen atoms in total. The van der Waals surface area contributed by atoms with Gasteiger partial charge < -0.3 is 5.11 Å². The smallest absolute Gasteiger partial charge is 0.0679 e. The quantitative estimate of drug-likeness (QED) is 0.504. The normalized spacial score (nSPS) is 22.6. The summed E-state index contributed by atoms with van der Waals surface area (Å²) in [4.78, 5) is 2.59. The molecule has 1 aliphatic heterocycles. The van der Waals surface area contributed by atoms with Crippen LogP contribution in [0.25, 0.3) is 0 Å². The predicted molar refractivity (Wildman–Crippen MR) is 92.7 cm³/mol. The summed E-state index contributed by atoms with van der Waals surface area (Å²) in [5, 5.41) is 9.87. The summed E-state index contributed by atoms with van der Waals surface area (Å²) in [6.45, 7) is 9.02. The molecule has 2 heteroatoms. The van der Waals surface area contributed by atoms with Crippen molar-refractivity contribution in [3.05, 3.63) is 0 Å². The second-order valence-corrected chi connectivity index (χ2v) is 7.36. The van der Waals surface area contributed by atoms with Gasteiger partial charge in [-0.1, -0.05) is 71.6 Å². The average Bonchev–Trinajstić information content (AvgIpc) is 2.91. The van der Waals surface area contributed by atoms with Crippen molar-refractivity contribution in [2.45, 2.75) is 109 Å². The zero-order valence-electron chi connectivity index (χ0n) is 14.9. The molecule has 1 fully saturated rings. The fourth-order valence-corrected chi connectivity index (χ4v) is 3.72. The minimum Gasteiger partial charge on any atom is -0.392 e. The van der Waals surface area contributed by atoms with Gasteiger partial charge in [-0.05, 0) is 26.2 Å². The first-order chi connectivity index (χ1) is 10.1. The van der Waals surface area contributed by atoms with Gasteiger partial charge >= 0.3 is 0 Å². The molecule has 0 aliphatic carbocycles. The van der Waals surface area contributed by atoms with E-state index in [2.05, 4.69) is 25.7 Å². The number of unbranched alkanes of at least 4 members (excludes halogenated alkanes) is 7. The van der Waals surface area contributed by atoms with Crippen molar-refractivity contribution >= 4 is 0 Å². The maximum atomic E-state index is 9.87. The number of nitrogens with zero attached hydrogens (tertiary/aromatic N) is 1. The highest BCUT2D eigenvalue weighted by Crippen LogP contribution is 2.32.